The van der Waals surface area contributed by atoms with Crippen molar-refractivity contribution in [3.05, 3.63) is 74.3 Å². The zero-order valence-electron chi connectivity index (χ0n) is 19.0. The first kappa shape index (κ1) is 24.5. The zero-order chi connectivity index (χ0) is 24.7. The summed E-state index contributed by atoms with van der Waals surface area (Å²) in [7, 11) is 4.80. The Hall–Kier alpha value is -4.18. The third-order valence-electron chi connectivity index (χ3n) is 4.46. The first-order valence-corrected chi connectivity index (χ1v) is 10.8. The van der Waals surface area contributed by atoms with Crippen LogP contribution in [0.1, 0.15) is 23.9 Å². The summed E-state index contributed by atoms with van der Waals surface area (Å²) in [5.41, 5.74) is 1.50. The predicted octanol–water partition coefficient (Wildman–Crippen LogP) is 2.99. The van der Waals surface area contributed by atoms with Gasteiger partial charge in [-0.3, -0.25) is 9.59 Å². The van der Waals surface area contributed by atoms with Crippen LogP contribution in [0.4, 0.5) is 0 Å². The van der Waals surface area contributed by atoms with Crippen molar-refractivity contribution >= 4 is 40.5 Å². The lowest BCUT2D eigenvalue weighted by Crippen LogP contribution is -2.23. The molecule has 9 nitrogen and oxygen atoms in total. The van der Waals surface area contributed by atoms with Crippen LogP contribution in [0.2, 0.25) is 0 Å². The monoisotopic (exact) mass is 481 g/mol. The molecule has 0 spiro atoms. The molecule has 0 saturated carbocycles. The van der Waals surface area contributed by atoms with E-state index in [4.69, 9.17) is 24.1 Å². The van der Waals surface area contributed by atoms with Crippen molar-refractivity contribution < 1.29 is 24.1 Å². The maximum Gasteiger partial charge on any atom is 0.300 e. The van der Waals surface area contributed by atoms with Crippen molar-refractivity contribution in [1.82, 2.24) is 14.6 Å². The van der Waals surface area contributed by atoms with Crippen molar-refractivity contribution in [2.75, 3.05) is 21.3 Å². The number of benzene rings is 2. The highest BCUT2D eigenvalue weighted by molar-refractivity contribution is 7.15. The van der Waals surface area contributed by atoms with Crippen LogP contribution < -0.4 is 24.3 Å². The number of nitrogens with zero attached hydrogens (tertiary/aromatic N) is 3. The van der Waals surface area contributed by atoms with E-state index in [9.17, 15) is 4.79 Å². The van der Waals surface area contributed by atoms with E-state index in [0.29, 0.717) is 26.8 Å². The Balaban J connectivity index is 0.000000751. The maximum atomic E-state index is 12.8. The number of fused-ring (bicyclic) bond motifs is 1. The molecule has 0 aliphatic rings. The number of carboxylic acids is 1. The van der Waals surface area contributed by atoms with Gasteiger partial charge in [0.1, 0.15) is 17.2 Å². The highest BCUT2D eigenvalue weighted by Gasteiger charge is 2.10. The minimum Gasteiger partial charge on any atom is -0.497 e. The van der Waals surface area contributed by atoms with Crippen molar-refractivity contribution in [1.29, 1.82) is 0 Å². The second kappa shape index (κ2) is 11.1. The van der Waals surface area contributed by atoms with E-state index in [0.717, 1.165) is 23.8 Å². The molecule has 2 aromatic carbocycles. The van der Waals surface area contributed by atoms with Crippen LogP contribution in [0, 0.1) is 0 Å². The molecule has 34 heavy (non-hydrogen) atoms. The number of hydrogen-bond acceptors (Lipinski definition) is 8. The van der Waals surface area contributed by atoms with Crippen LogP contribution in [0.3, 0.4) is 0 Å². The van der Waals surface area contributed by atoms with Crippen molar-refractivity contribution in [2.24, 2.45) is 0 Å². The fourth-order valence-electron chi connectivity index (χ4n) is 2.90. The van der Waals surface area contributed by atoms with Gasteiger partial charge >= 0.3 is 0 Å². The Labute approximate surface area is 199 Å². The molecular formula is C24H23N3O6S. The second-order valence-corrected chi connectivity index (χ2v) is 7.82. The van der Waals surface area contributed by atoms with Crippen molar-refractivity contribution in [3.63, 3.8) is 0 Å². The SMILES string of the molecule is CC(=O)O.COc1ccc(/C=C/c2nc3s/c(=C\c4cc(OC)ccc4OC)c(=O)n3n2)cc1. The third kappa shape index (κ3) is 5.99. The summed E-state index contributed by atoms with van der Waals surface area (Å²) in [6.07, 6.45) is 5.42. The zero-order valence-corrected chi connectivity index (χ0v) is 19.8. The lowest BCUT2D eigenvalue weighted by Gasteiger charge is -2.06. The molecule has 0 unspecified atom stereocenters. The summed E-state index contributed by atoms with van der Waals surface area (Å²) in [6.45, 7) is 1.08. The van der Waals surface area contributed by atoms with Crippen LogP contribution in [-0.2, 0) is 4.79 Å². The number of rotatable bonds is 6. The van der Waals surface area contributed by atoms with Gasteiger partial charge in [0.2, 0.25) is 4.96 Å². The van der Waals surface area contributed by atoms with E-state index in [1.54, 1.807) is 45.6 Å². The minimum atomic E-state index is -0.833. The van der Waals surface area contributed by atoms with E-state index >= 15 is 0 Å². The first-order valence-electron chi connectivity index (χ1n) is 9.99. The molecule has 0 atom stereocenters. The molecule has 2 aromatic heterocycles. The molecule has 0 aliphatic heterocycles. The van der Waals surface area contributed by atoms with Crippen LogP contribution >= 0.6 is 11.3 Å². The molecule has 4 rings (SSSR count). The average molecular weight is 482 g/mol. The Bertz CT molecular complexity index is 1420. The molecule has 0 radical (unpaired) electrons. The van der Waals surface area contributed by atoms with Gasteiger partial charge in [-0.25, -0.2) is 0 Å². The van der Waals surface area contributed by atoms with Gasteiger partial charge in [0, 0.05) is 12.5 Å². The average Bonchev–Trinajstić information content (AvgIpc) is 3.36. The van der Waals surface area contributed by atoms with Gasteiger partial charge in [-0.05, 0) is 48.0 Å². The largest absolute Gasteiger partial charge is 0.497 e. The van der Waals surface area contributed by atoms with Gasteiger partial charge in [-0.15, -0.1) is 5.10 Å². The minimum absolute atomic E-state index is 0.225. The lowest BCUT2D eigenvalue weighted by atomic mass is 10.2. The van der Waals surface area contributed by atoms with Gasteiger partial charge < -0.3 is 19.3 Å². The summed E-state index contributed by atoms with van der Waals surface area (Å²) in [5, 5.41) is 11.7. The molecule has 176 valence electrons. The van der Waals surface area contributed by atoms with Gasteiger partial charge in [0.05, 0.1) is 25.9 Å². The molecule has 0 amide bonds. The number of methoxy groups -OCH3 is 3. The predicted molar refractivity (Wildman–Crippen MR) is 131 cm³/mol. The number of aliphatic carboxylic acids is 1. The summed E-state index contributed by atoms with van der Waals surface area (Å²) < 4.78 is 17.6. The van der Waals surface area contributed by atoms with E-state index in [-0.39, 0.29) is 5.56 Å². The standard InChI is InChI=1S/C22H19N3O4S.C2H4O2/c1-27-16-7-4-14(5-8-16)6-11-20-23-22-25(24-20)21(26)19(30-22)13-15-12-17(28-2)9-10-18(15)29-3;1-2(3)4/h4-13H,1-3H3;1H3,(H,3,4)/b11-6+,19-13-;. The highest BCUT2D eigenvalue weighted by atomic mass is 32.1. The third-order valence-corrected chi connectivity index (χ3v) is 5.42. The van der Waals surface area contributed by atoms with E-state index in [2.05, 4.69) is 10.1 Å². The molecule has 0 bridgehead atoms. The van der Waals surface area contributed by atoms with Gasteiger partial charge in [-0.2, -0.15) is 9.50 Å². The number of aromatic nitrogens is 3. The van der Waals surface area contributed by atoms with Gasteiger partial charge in [0.25, 0.3) is 11.5 Å². The molecular weight excluding hydrogens is 458 g/mol. The van der Waals surface area contributed by atoms with Crippen LogP contribution in [0.25, 0.3) is 23.2 Å². The Morgan fingerprint density at radius 3 is 2.24 bits per heavy atom. The van der Waals surface area contributed by atoms with Crippen molar-refractivity contribution in [2.45, 2.75) is 6.92 Å². The molecule has 0 aliphatic carbocycles. The number of carbonyl (C=O) groups is 1. The van der Waals surface area contributed by atoms with Crippen LogP contribution in [0.15, 0.2) is 47.3 Å². The molecule has 10 heteroatoms. The van der Waals surface area contributed by atoms with E-state index in [1.807, 2.05) is 36.4 Å². The summed E-state index contributed by atoms with van der Waals surface area (Å²) >= 11 is 1.27. The second-order valence-electron chi connectivity index (χ2n) is 6.81. The molecule has 2 heterocycles. The smallest absolute Gasteiger partial charge is 0.300 e. The molecule has 4 aromatic rings. The first-order chi connectivity index (χ1) is 16.3. The van der Waals surface area contributed by atoms with E-state index in [1.165, 1.54) is 15.9 Å². The number of thiazole rings is 1. The van der Waals surface area contributed by atoms with Gasteiger partial charge in [-0.1, -0.05) is 29.5 Å². The highest BCUT2D eigenvalue weighted by Crippen LogP contribution is 2.24. The Kier molecular flexibility index (Phi) is 7.99. The Morgan fingerprint density at radius 1 is 1.00 bits per heavy atom. The van der Waals surface area contributed by atoms with Crippen LogP contribution in [-0.4, -0.2) is 47.0 Å². The number of carboxylic acid groups (broad SMARTS) is 1. The molecule has 0 fully saturated rings. The van der Waals surface area contributed by atoms with Crippen LogP contribution in [0.5, 0.6) is 17.2 Å². The lowest BCUT2D eigenvalue weighted by molar-refractivity contribution is -0.134. The molecule has 1 N–H and O–H groups in total. The maximum absolute atomic E-state index is 12.8. The topological polar surface area (TPSA) is 112 Å². The summed E-state index contributed by atoms with van der Waals surface area (Å²) in [4.78, 5) is 26.7. The van der Waals surface area contributed by atoms with Crippen molar-refractivity contribution in [3.8, 4) is 17.2 Å². The quantitative estimate of drug-likeness (QED) is 0.447. The Morgan fingerprint density at radius 2 is 1.65 bits per heavy atom. The molecule has 0 saturated heterocycles. The fraction of sp³-hybridized carbons (Fsp3) is 0.167. The number of ether oxygens (including phenoxy) is 3. The summed E-state index contributed by atoms with van der Waals surface area (Å²) in [5.74, 6) is 1.76. The fourth-order valence-corrected chi connectivity index (χ4v) is 3.80. The van der Waals surface area contributed by atoms with E-state index < -0.39 is 5.97 Å². The van der Waals surface area contributed by atoms with Gasteiger partial charge in [0.15, 0.2) is 5.82 Å². The number of hydrogen-bond donors (Lipinski definition) is 1. The normalized spacial score (nSPS) is 11.4. The summed E-state index contributed by atoms with van der Waals surface area (Å²) in [6, 6.07) is 13.0.